The molecule has 1 aliphatic carbocycles. The lowest BCUT2D eigenvalue weighted by Gasteiger charge is -2.20. The van der Waals surface area contributed by atoms with Crippen molar-refractivity contribution < 1.29 is 0 Å². The molecule has 1 atom stereocenters. The molecule has 4 rings (SSSR count). The topological polar surface area (TPSA) is 43.0 Å². The van der Waals surface area contributed by atoms with Crippen molar-refractivity contribution in [2.24, 2.45) is 5.73 Å². The van der Waals surface area contributed by atoms with E-state index in [9.17, 15) is 0 Å². The minimum atomic E-state index is 0.411. The van der Waals surface area contributed by atoms with Crippen LogP contribution in [0.5, 0.6) is 0 Å². The lowest BCUT2D eigenvalue weighted by molar-refractivity contribution is 0.532. The third kappa shape index (κ3) is 4.41. The molecule has 1 aromatic heterocycles. The maximum atomic E-state index is 5.65. The molecule has 1 unspecified atom stereocenters. The minimum absolute atomic E-state index is 0.411. The van der Waals surface area contributed by atoms with Gasteiger partial charge in [-0.2, -0.15) is 0 Å². The Kier molecular flexibility index (Phi) is 6.68. The van der Waals surface area contributed by atoms with Gasteiger partial charge < -0.3 is 15.6 Å². The molecule has 1 saturated carbocycles. The van der Waals surface area contributed by atoms with E-state index in [0.717, 1.165) is 32.5 Å². The predicted molar refractivity (Wildman–Crippen MR) is 124 cm³/mol. The van der Waals surface area contributed by atoms with Crippen molar-refractivity contribution in [1.82, 2.24) is 9.88 Å². The van der Waals surface area contributed by atoms with Crippen LogP contribution in [0.1, 0.15) is 67.2 Å². The molecular weight excluding hydrogens is 354 g/mol. The van der Waals surface area contributed by atoms with E-state index in [-0.39, 0.29) is 0 Å². The molecule has 0 radical (unpaired) electrons. The van der Waals surface area contributed by atoms with Crippen LogP contribution in [0.2, 0.25) is 0 Å². The van der Waals surface area contributed by atoms with Gasteiger partial charge >= 0.3 is 0 Å². The second kappa shape index (κ2) is 9.60. The van der Waals surface area contributed by atoms with Gasteiger partial charge in [0.05, 0.1) is 0 Å². The lowest BCUT2D eigenvalue weighted by Crippen LogP contribution is -2.21. The summed E-state index contributed by atoms with van der Waals surface area (Å²) in [5, 5.41) is 5.02. The standard InChI is InChI=1S/C26H35N3/c1-20-9-2-5-12-22(20)23(15-18-28-17-8-16-27)25-19-29(21-10-3-4-11-21)26-14-7-6-13-24(25)26/h2,5-7,9,12-14,19,21,23,28H,3-4,8,10-11,15-18,27H2,1H3. The molecular formula is C26H35N3. The van der Waals surface area contributed by atoms with E-state index in [1.807, 2.05) is 0 Å². The van der Waals surface area contributed by atoms with Gasteiger partial charge in [-0.1, -0.05) is 55.3 Å². The van der Waals surface area contributed by atoms with Gasteiger partial charge in [-0.15, -0.1) is 0 Å². The van der Waals surface area contributed by atoms with Crippen LogP contribution < -0.4 is 11.1 Å². The van der Waals surface area contributed by atoms with Crippen LogP contribution >= 0.6 is 0 Å². The van der Waals surface area contributed by atoms with E-state index in [4.69, 9.17) is 5.73 Å². The summed E-state index contributed by atoms with van der Waals surface area (Å²) in [6.07, 6.45) is 9.97. The quantitative estimate of drug-likeness (QED) is 0.473. The van der Waals surface area contributed by atoms with Gasteiger partial charge in [0.15, 0.2) is 0 Å². The fraction of sp³-hybridized carbons (Fsp3) is 0.462. The highest BCUT2D eigenvalue weighted by atomic mass is 15.0. The number of aryl methyl sites for hydroxylation is 1. The molecule has 3 N–H and O–H groups in total. The fourth-order valence-electron chi connectivity index (χ4n) is 5.05. The van der Waals surface area contributed by atoms with Crippen LogP contribution in [0.15, 0.2) is 54.7 Å². The van der Waals surface area contributed by atoms with Crippen molar-refractivity contribution in [2.45, 2.75) is 57.4 Å². The second-order valence-electron chi connectivity index (χ2n) is 8.54. The highest BCUT2D eigenvalue weighted by Gasteiger charge is 2.24. The van der Waals surface area contributed by atoms with E-state index in [0.29, 0.717) is 12.0 Å². The highest BCUT2D eigenvalue weighted by Crippen LogP contribution is 2.39. The number of rotatable bonds is 9. The number of nitrogens with zero attached hydrogens (tertiary/aromatic N) is 1. The van der Waals surface area contributed by atoms with Crippen LogP contribution in [0.4, 0.5) is 0 Å². The van der Waals surface area contributed by atoms with E-state index in [1.54, 1.807) is 0 Å². The first-order valence-electron chi connectivity index (χ1n) is 11.4. The molecule has 1 aliphatic rings. The van der Waals surface area contributed by atoms with Gasteiger partial charge in [0, 0.05) is 29.1 Å². The first-order chi connectivity index (χ1) is 14.3. The number of para-hydroxylation sites is 1. The average Bonchev–Trinajstić information content (AvgIpc) is 3.40. The van der Waals surface area contributed by atoms with Crippen molar-refractivity contribution >= 4 is 10.9 Å². The lowest BCUT2D eigenvalue weighted by atomic mass is 9.86. The van der Waals surface area contributed by atoms with Crippen LogP contribution in [-0.2, 0) is 0 Å². The van der Waals surface area contributed by atoms with E-state index in [1.165, 1.54) is 53.3 Å². The number of nitrogens with two attached hydrogens (primary N) is 1. The fourth-order valence-corrected chi connectivity index (χ4v) is 5.05. The smallest absolute Gasteiger partial charge is 0.0485 e. The van der Waals surface area contributed by atoms with Crippen molar-refractivity contribution in [2.75, 3.05) is 19.6 Å². The summed E-state index contributed by atoms with van der Waals surface area (Å²) < 4.78 is 2.59. The Bertz CT molecular complexity index is 921. The zero-order valence-electron chi connectivity index (χ0n) is 17.7. The second-order valence-corrected chi connectivity index (χ2v) is 8.54. The Hall–Kier alpha value is -2.10. The normalized spacial score (nSPS) is 15.9. The molecule has 3 nitrogen and oxygen atoms in total. The minimum Gasteiger partial charge on any atom is -0.344 e. The average molecular weight is 390 g/mol. The molecule has 1 fully saturated rings. The third-order valence-corrected chi connectivity index (χ3v) is 6.60. The van der Waals surface area contributed by atoms with Gasteiger partial charge in [-0.3, -0.25) is 0 Å². The summed E-state index contributed by atoms with van der Waals surface area (Å²) in [4.78, 5) is 0. The van der Waals surface area contributed by atoms with Crippen LogP contribution in [0.3, 0.4) is 0 Å². The Labute approximate surface area is 175 Å². The zero-order valence-corrected chi connectivity index (χ0v) is 17.7. The first-order valence-corrected chi connectivity index (χ1v) is 11.4. The summed E-state index contributed by atoms with van der Waals surface area (Å²) in [6, 6.07) is 18.6. The molecule has 3 aromatic rings. The summed E-state index contributed by atoms with van der Waals surface area (Å²) in [5.41, 5.74) is 11.4. The molecule has 3 heteroatoms. The summed E-state index contributed by atoms with van der Waals surface area (Å²) >= 11 is 0. The number of benzene rings is 2. The monoisotopic (exact) mass is 389 g/mol. The van der Waals surface area contributed by atoms with E-state index in [2.05, 4.69) is 71.5 Å². The van der Waals surface area contributed by atoms with Crippen molar-refractivity contribution in [1.29, 1.82) is 0 Å². The zero-order chi connectivity index (χ0) is 20.1. The number of fused-ring (bicyclic) bond motifs is 1. The van der Waals surface area contributed by atoms with Crippen LogP contribution in [0, 0.1) is 6.92 Å². The number of aromatic nitrogens is 1. The molecule has 0 amide bonds. The Balaban J connectivity index is 1.72. The predicted octanol–water partition coefficient (Wildman–Crippen LogP) is 5.53. The van der Waals surface area contributed by atoms with Gasteiger partial charge in [-0.05, 0) is 75.0 Å². The summed E-state index contributed by atoms with van der Waals surface area (Å²) in [7, 11) is 0. The molecule has 154 valence electrons. The molecule has 1 heterocycles. The molecule has 0 bridgehead atoms. The van der Waals surface area contributed by atoms with Gasteiger partial charge in [0.2, 0.25) is 0 Å². The highest BCUT2D eigenvalue weighted by molar-refractivity contribution is 5.85. The van der Waals surface area contributed by atoms with Gasteiger partial charge in [0.1, 0.15) is 0 Å². The molecule has 0 saturated heterocycles. The maximum absolute atomic E-state index is 5.65. The van der Waals surface area contributed by atoms with Gasteiger partial charge in [0.25, 0.3) is 0 Å². The molecule has 2 aromatic carbocycles. The van der Waals surface area contributed by atoms with E-state index < -0.39 is 0 Å². The summed E-state index contributed by atoms with van der Waals surface area (Å²) in [5.74, 6) is 0.411. The number of hydrogen-bond acceptors (Lipinski definition) is 2. The Morgan fingerprint density at radius 1 is 1.00 bits per heavy atom. The Morgan fingerprint density at radius 2 is 1.76 bits per heavy atom. The molecule has 29 heavy (non-hydrogen) atoms. The Morgan fingerprint density at radius 3 is 2.55 bits per heavy atom. The van der Waals surface area contributed by atoms with Crippen molar-refractivity contribution in [3.63, 3.8) is 0 Å². The third-order valence-electron chi connectivity index (χ3n) is 6.60. The maximum Gasteiger partial charge on any atom is 0.0485 e. The van der Waals surface area contributed by atoms with Crippen LogP contribution in [-0.4, -0.2) is 24.2 Å². The number of hydrogen-bond donors (Lipinski definition) is 2. The van der Waals surface area contributed by atoms with Crippen molar-refractivity contribution in [3.8, 4) is 0 Å². The molecule has 0 aliphatic heterocycles. The van der Waals surface area contributed by atoms with E-state index >= 15 is 0 Å². The number of nitrogens with one attached hydrogen (secondary N) is 1. The van der Waals surface area contributed by atoms with Gasteiger partial charge in [-0.25, -0.2) is 0 Å². The van der Waals surface area contributed by atoms with Crippen LogP contribution in [0.25, 0.3) is 10.9 Å². The summed E-state index contributed by atoms with van der Waals surface area (Å²) in [6.45, 7) is 5.02. The first kappa shape index (κ1) is 20.2. The molecule has 0 spiro atoms. The largest absolute Gasteiger partial charge is 0.344 e. The van der Waals surface area contributed by atoms with Crippen molar-refractivity contribution in [3.05, 3.63) is 71.4 Å². The SMILES string of the molecule is Cc1ccccc1C(CCNCCCN)c1cn(C2CCCC2)c2ccccc12.